The Morgan fingerprint density at radius 3 is 1.95 bits per heavy atom. The first-order chi connectivity index (χ1) is 9.78. The van der Waals surface area contributed by atoms with Gasteiger partial charge in [0.2, 0.25) is 0 Å². The molecule has 0 aromatic carbocycles. The van der Waals surface area contributed by atoms with Gasteiger partial charge in [-0.15, -0.1) is 0 Å². The maximum atomic E-state index is 9.20. The van der Waals surface area contributed by atoms with Crippen molar-refractivity contribution in [2.24, 2.45) is 0 Å². The highest BCUT2D eigenvalue weighted by molar-refractivity contribution is 5.65. The minimum absolute atomic E-state index is 0.104. The topological polar surface area (TPSA) is 28.1 Å². The van der Waals surface area contributed by atoms with Gasteiger partial charge in [0.1, 0.15) is 0 Å². The zero-order chi connectivity index (χ0) is 14.8. The van der Waals surface area contributed by atoms with Gasteiger partial charge in [-0.3, -0.25) is 0 Å². The highest BCUT2D eigenvalue weighted by atomic mass is 14.7. The molecule has 2 heteroatoms. The van der Waals surface area contributed by atoms with Crippen LogP contribution in [-0.4, -0.2) is 0 Å². The van der Waals surface area contributed by atoms with Crippen LogP contribution in [0.1, 0.15) is 13.8 Å². The number of hydrogen-bond acceptors (Lipinski definition) is 1. The standard InChI is InChI=1S/C18H16N2/c1-4-6-10-15-12-8-9-13-16(11-7-5-2)18(15)17(14-19)20-3/h4-13H,1-2H3/b6-4+,7-5+,15-10+,16-11+. The molecular formula is C18H16N2. The first kappa shape index (κ1) is 15.2. The third kappa shape index (κ3) is 3.83. The molecule has 0 aromatic heterocycles. The molecule has 1 aliphatic carbocycles. The molecule has 0 N–H and O–H groups in total. The van der Waals surface area contributed by atoms with E-state index in [1.807, 2.05) is 80.7 Å². The van der Waals surface area contributed by atoms with E-state index in [9.17, 15) is 5.26 Å². The number of nitrogens with zero attached hydrogens (tertiary/aromatic N) is 2. The van der Waals surface area contributed by atoms with E-state index >= 15 is 0 Å². The third-order valence-electron chi connectivity index (χ3n) is 2.63. The minimum Gasteiger partial charge on any atom is -0.226 e. The number of allylic oxidation sites excluding steroid dienone is 14. The molecule has 20 heavy (non-hydrogen) atoms. The van der Waals surface area contributed by atoms with E-state index < -0.39 is 0 Å². The third-order valence-corrected chi connectivity index (χ3v) is 2.63. The summed E-state index contributed by atoms with van der Waals surface area (Å²) in [6.45, 7) is 11.1. The average Bonchev–Trinajstić information content (AvgIpc) is 2.67. The van der Waals surface area contributed by atoms with Crippen LogP contribution < -0.4 is 0 Å². The van der Waals surface area contributed by atoms with E-state index in [4.69, 9.17) is 6.57 Å². The summed E-state index contributed by atoms with van der Waals surface area (Å²) in [6.07, 6.45) is 19.1. The summed E-state index contributed by atoms with van der Waals surface area (Å²) >= 11 is 0. The second-order valence-corrected chi connectivity index (χ2v) is 3.96. The fourth-order valence-corrected chi connectivity index (χ4v) is 1.74. The summed E-state index contributed by atoms with van der Waals surface area (Å²) in [5, 5.41) is 9.20. The molecule has 0 unspecified atom stereocenters. The van der Waals surface area contributed by atoms with Crippen molar-refractivity contribution in [1.29, 1.82) is 5.26 Å². The van der Waals surface area contributed by atoms with E-state index in [0.717, 1.165) is 11.1 Å². The Kier molecular flexibility index (Phi) is 6.31. The van der Waals surface area contributed by atoms with Gasteiger partial charge in [-0.25, -0.2) is 10.1 Å². The van der Waals surface area contributed by atoms with Gasteiger partial charge in [-0.2, -0.15) is 0 Å². The van der Waals surface area contributed by atoms with E-state index in [1.165, 1.54) is 0 Å². The predicted octanol–water partition coefficient (Wildman–Crippen LogP) is 4.81. The van der Waals surface area contributed by atoms with Gasteiger partial charge in [-0.1, -0.05) is 60.8 Å². The van der Waals surface area contributed by atoms with Gasteiger partial charge in [0.05, 0.1) is 12.6 Å². The molecule has 0 aliphatic heterocycles. The summed E-state index contributed by atoms with van der Waals surface area (Å²) in [4.78, 5) is 3.36. The molecule has 0 heterocycles. The van der Waals surface area contributed by atoms with Crippen LogP contribution in [-0.2, 0) is 0 Å². The zero-order valence-corrected chi connectivity index (χ0v) is 11.7. The Balaban J connectivity index is 3.60. The summed E-state index contributed by atoms with van der Waals surface area (Å²) in [7, 11) is 0. The van der Waals surface area contributed by atoms with Gasteiger partial charge < -0.3 is 0 Å². The second-order valence-electron chi connectivity index (χ2n) is 3.96. The van der Waals surface area contributed by atoms with Crippen LogP contribution >= 0.6 is 0 Å². The number of nitriles is 1. The van der Waals surface area contributed by atoms with Crippen molar-refractivity contribution >= 4 is 0 Å². The Morgan fingerprint density at radius 2 is 1.60 bits per heavy atom. The fraction of sp³-hybridized carbons (Fsp3) is 0.111. The van der Waals surface area contributed by atoms with E-state index in [0.29, 0.717) is 5.57 Å². The Labute approximate surface area is 120 Å². The molecule has 0 saturated heterocycles. The predicted molar refractivity (Wildman–Crippen MR) is 83.3 cm³/mol. The molecule has 0 atom stereocenters. The van der Waals surface area contributed by atoms with Crippen LogP contribution in [0.3, 0.4) is 0 Å². The van der Waals surface area contributed by atoms with Gasteiger partial charge in [0.25, 0.3) is 5.70 Å². The maximum absolute atomic E-state index is 9.20. The summed E-state index contributed by atoms with van der Waals surface area (Å²) in [6, 6.07) is 1.99. The van der Waals surface area contributed by atoms with Gasteiger partial charge in [0.15, 0.2) is 0 Å². The lowest BCUT2D eigenvalue weighted by Crippen LogP contribution is -1.93. The highest BCUT2D eigenvalue weighted by Crippen LogP contribution is 2.28. The molecule has 98 valence electrons. The van der Waals surface area contributed by atoms with Crippen molar-refractivity contribution in [3.63, 3.8) is 0 Å². The first-order valence-electron chi connectivity index (χ1n) is 6.31. The normalized spacial score (nSPS) is 18.7. The molecule has 0 aromatic rings. The summed E-state index contributed by atoms with van der Waals surface area (Å²) in [5.74, 6) is 0. The van der Waals surface area contributed by atoms with Crippen LogP contribution in [0.15, 0.2) is 83.2 Å². The summed E-state index contributed by atoms with van der Waals surface area (Å²) in [5.41, 5.74) is 2.49. The maximum Gasteiger partial charge on any atom is 0.270 e. The van der Waals surface area contributed by atoms with Crippen molar-refractivity contribution in [3.8, 4) is 6.07 Å². The van der Waals surface area contributed by atoms with E-state index in [2.05, 4.69) is 4.85 Å². The molecule has 0 amide bonds. The summed E-state index contributed by atoms with van der Waals surface area (Å²) < 4.78 is 0. The molecule has 2 nitrogen and oxygen atoms in total. The lowest BCUT2D eigenvalue weighted by molar-refractivity contribution is 1.39. The Hall–Kier alpha value is -2.84. The molecular weight excluding hydrogens is 244 g/mol. The zero-order valence-electron chi connectivity index (χ0n) is 11.7. The quantitative estimate of drug-likeness (QED) is 0.517. The van der Waals surface area contributed by atoms with Crippen LogP contribution in [0, 0.1) is 17.9 Å². The SMILES string of the molecule is [C-]#[N+]C(C#N)=C1/C(=C/C=C/C)C=CC=C/C1=C\C=C\C. The molecule has 0 saturated carbocycles. The second kappa shape index (κ2) is 8.29. The van der Waals surface area contributed by atoms with Crippen molar-refractivity contribution in [1.82, 2.24) is 0 Å². The lowest BCUT2D eigenvalue weighted by atomic mass is 9.95. The monoisotopic (exact) mass is 260 g/mol. The van der Waals surface area contributed by atoms with Crippen LogP contribution in [0.5, 0.6) is 0 Å². The lowest BCUT2D eigenvalue weighted by Gasteiger charge is -2.09. The van der Waals surface area contributed by atoms with Crippen molar-refractivity contribution in [2.45, 2.75) is 13.8 Å². The van der Waals surface area contributed by atoms with Crippen LogP contribution in [0.25, 0.3) is 4.85 Å². The fourth-order valence-electron chi connectivity index (χ4n) is 1.74. The molecule has 1 aliphatic rings. The molecule has 0 radical (unpaired) electrons. The Morgan fingerprint density at radius 1 is 1.10 bits per heavy atom. The molecule has 0 fully saturated rings. The molecule has 0 spiro atoms. The smallest absolute Gasteiger partial charge is 0.226 e. The highest BCUT2D eigenvalue weighted by Gasteiger charge is 2.14. The first-order valence-corrected chi connectivity index (χ1v) is 6.31. The van der Waals surface area contributed by atoms with E-state index in [-0.39, 0.29) is 5.70 Å². The van der Waals surface area contributed by atoms with Crippen LogP contribution in [0.2, 0.25) is 0 Å². The van der Waals surface area contributed by atoms with Crippen LogP contribution in [0.4, 0.5) is 0 Å². The molecule has 1 rings (SSSR count). The van der Waals surface area contributed by atoms with Gasteiger partial charge in [-0.05, 0) is 25.0 Å². The minimum atomic E-state index is 0.104. The number of hydrogen-bond donors (Lipinski definition) is 0. The largest absolute Gasteiger partial charge is 0.270 e. The van der Waals surface area contributed by atoms with Crippen molar-refractivity contribution < 1.29 is 0 Å². The van der Waals surface area contributed by atoms with Gasteiger partial charge >= 0.3 is 0 Å². The Bertz CT molecular complexity index is 593. The van der Waals surface area contributed by atoms with Gasteiger partial charge in [0, 0.05) is 5.57 Å². The molecule has 0 bridgehead atoms. The average molecular weight is 260 g/mol. The van der Waals surface area contributed by atoms with E-state index in [1.54, 1.807) is 0 Å². The number of rotatable bonds is 2. The van der Waals surface area contributed by atoms with Crippen molar-refractivity contribution in [2.75, 3.05) is 0 Å². The van der Waals surface area contributed by atoms with Crippen molar-refractivity contribution in [3.05, 3.63) is 94.6 Å².